The van der Waals surface area contributed by atoms with Crippen LogP contribution in [-0.2, 0) is 4.84 Å². The average Bonchev–Trinajstić information content (AvgIpc) is 3.16. The minimum absolute atomic E-state index is 0.0284. The summed E-state index contributed by atoms with van der Waals surface area (Å²) in [7, 11) is 2.01. The van der Waals surface area contributed by atoms with Crippen LogP contribution in [0.2, 0.25) is 0 Å². The van der Waals surface area contributed by atoms with Crippen molar-refractivity contribution in [1.29, 1.82) is 0 Å². The van der Waals surface area contributed by atoms with E-state index in [-0.39, 0.29) is 11.9 Å². The molecule has 1 heterocycles. The van der Waals surface area contributed by atoms with Gasteiger partial charge in [-0.15, -0.1) is 11.8 Å². The van der Waals surface area contributed by atoms with Gasteiger partial charge < -0.3 is 9.74 Å². The number of aliphatic imine (C=N–C) groups is 1. The summed E-state index contributed by atoms with van der Waals surface area (Å²) in [5.74, 6) is 0.564. The Bertz CT molecular complexity index is 880. The molecule has 2 aromatic rings. The van der Waals surface area contributed by atoms with E-state index in [9.17, 15) is 4.39 Å². The highest BCUT2D eigenvalue weighted by molar-refractivity contribution is 7.99. The van der Waals surface area contributed by atoms with Crippen molar-refractivity contribution in [3.63, 3.8) is 0 Å². The zero-order valence-electron chi connectivity index (χ0n) is 16.8. The van der Waals surface area contributed by atoms with E-state index >= 15 is 0 Å². The highest BCUT2D eigenvalue weighted by Crippen LogP contribution is 2.29. The summed E-state index contributed by atoms with van der Waals surface area (Å²) in [6.45, 7) is 7.17. The molecule has 0 aromatic heterocycles. The monoisotopic (exact) mass is 399 g/mol. The van der Waals surface area contributed by atoms with Crippen molar-refractivity contribution in [3.05, 3.63) is 58.9 Å². The maximum absolute atomic E-state index is 13.0. The third-order valence-electron chi connectivity index (χ3n) is 4.73. The van der Waals surface area contributed by atoms with E-state index in [1.54, 1.807) is 23.9 Å². The van der Waals surface area contributed by atoms with Crippen LogP contribution in [0.4, 0.5) is 10.1 Å². The number of nitrogens with zero attached hydrogens (tertiary/aromatic N) is 3. The Kier molecular flexibility index (Phi) is 6.73. The summed E-state index contributed by atoms with van der Waals surface area (Å²) in [6.07, 6.45) is 2.66. The number of hydrogen-bond donors (Lipinski definition) is 0. The quantitative estimate of drug-likeness (QED) is 0.358. The van der Waals surface area contributed by atoms with Crippen LogP contribution in [0.1, 0.15) is 30.0 Å². The molecule has 0 saturated carbocycles. The molecule has 0 fully saturated rings. The number of thioether (sulfide) groups is 1. The summed E-state index contributed by atoms with van der Waals surface area (Å²) in [5, 5.41) is 4.33. The normalized spacial score (nSPS) is 16.3. The fourth-order valence-corrected chi connectivity index (χ4v) is 3.78. The fraction of sp³-hybridized carbons (Fsp3) is 0.364. The van der Waals surface area contributed by atoms with Gasteiger partial charge in [0.1, 0.15) is 11.9 Å². The molecular formula is C22H26FN3OS. The second-order valence-electron chi connectivity index (χ2n) is 7.01. The average molecular weight is 400 g/mol. The molecule has 1 aliphatic rings. The Hall–Kier alpha value is -2.34. The van der Waals surface area contributed by atoms with Crippen LogP contribution in [0.5, 0.6) is 0 Å². The number of hydrogen-bond acceptors (Lipinski definition) is 4. The Balaban J connectivity index is 1.63. The standard InChI is InChI=1S/C22H26FN3OS/c1-5-26(4)14-24-21-11-15(2)20(10-16(21)3)22-12-18(27-25-22)13-28-19-8-6-17(23)7-9-19/h6-11,14,18H,5,12-13H2,1-4H3. The molecule has 1 aliphatic heterocycles. The van der Waals surface area contributed by atoms with E-state index in [0.717, 1.165) is 51.7 Å². The largest absolute Gasteiger partial charge is 0.391 e. The number of benzene rings is 2. The smallest absolute Gasteiger partial charge is 0.142 e. The van der Waals surface area contributed by atoms with Crippen molar-refractivity contribution in [2.24, 2.45) is 10.1 Å². The predicted molar refractivity (Wildman–Crippen MR) is 116 cm³/mol. The van der Waals surface area contributed by atoms with Crippen molar-refractivity contribution >= 4 is 29.5 Å². The molecule has 0 amide bonds. The molecule has 0 N–H and O–H groups in total. The van der Waals surface area contributed by atoms with Crippen LogP contribution in [-0.4, -0.2) is 42.4 Å². The van der Waals surface area contributed by atoms with E-state index in [4.69, 9.17) is 4.84 Å². The molecule has 3 rings (SSSR count). The lowest BCUT2D eigenvalue weighted by molar-refractivity contribution is 0.103. The third kappa shape index (κ3) is 5.13. The van der Waals surface area contributed by atoms with Crippen molar-refractivity contribution in [3.8, 4) is 0 Å². The first kappa shape index (κ1) is 20.4. The molecule has 4 nitrogen and oxygen atoms in total. The zero-order chi connectivity index (χ0) is 20.1. The minimum atomic E-state index is -0.216. The molecule has 2 aromatic carbocycles. The van der Waals surface area contributed by atoms with Crippen molar-refractivity contribution < 1.29 is 9.23 Å². The van der Waals surface area contributed by atoms with Crippen LogP contribution in [0.25, 0.3) is 0 Å². The Morgan fingerprint density at radius 2 is 2.00 bits per heavy atom. The molecule has 0 saturated heterocycles. The van der Waals surface area contributed by atoms with Crippen LogP contribution >= 0.6 is 11.8 Å². The number of aryl methyl sites for hydroxylation is 2. The van der Waals surface area contributed by atoms with Gasteiger partial charge in [-0.1, -0.05) is 5.16 Å². The summed E-state index contributed by atoms with van der Waals surface area (Å²) < 4.78 is 13.0. The van der Waals surface area contributed by atoms with Crippen LogP contribution in [0.3, 0.4) is 0 Å². The molecule has 0 spiro atoms. The predicted octanol–water partition coefficient (Wildman–Crippen LogP) is 5.34. The molecule has 0 bridgehead atoms. The van der Waals surface area contributed by atoms with Gasteiger partial charge in [0.25, 0.3) is 0 Å². The van der Waals surface area contributed by atoms with E-state index in [2.05, 4.69) is 43.1 Å². The van der Waals surface area contributed by atoms with Crippen LogP contribution < -0.4 is 0 Å². The van der Waals surface area contributed by atoms with E-state index in [1.807, 2.05) is 18.3 Å². The summed E-state index contributed by atoms with van der Waals surface area (Å²) in [5.41, 5.74) is 5.34. The topological polar surface area (TPSA) is 37.2 Å². The molecule has 0 radical (unpaired) electrons. The molecule has 6 heteroatoms. The van der Waals surface area contributed by atoms with Gasteiger partial charge in [0.05, 0.1) is 17.7 Å². The van der Waals surface area contributed by atoms with E-state index < -0.39 is 0 Å². The van der Waals surface area contributed by atoms with Gasteiger partial charge in [-0.25, -0.2) is 9.38 Å². The second-order valence-corrected chi connectivity index (χ2v) is 8.10. The first-order valence-corrected chi connectivity index (χ1v) is 10.4. The first-order chi connectivity index (χ1) is 13.5. The van der Waals surface area contributed by atoms with Gasteiger partial charge in [-0.2, -0.15) is 0 Å². The minimum Gasteiger partial charge on any atom is -0.391 e. The second kappa shape index (κ2) is 9.24. The summed E-state index contributed by atoms with van der Waals surface area (Å²) >= 11 is 1.66. The van der Waals surface area contributed by atoms with Gasteiger partial charge >= 0.3 is 0 Å². The Morgan fingerprint density at radius 1 is 1.25 bits per heavy atom. The van der Waals surface area contributed by atoms with Gasteiger partial charge in [-0.05, 0) is 68.3 Å². The van der Waals surface area contributed by atoms with E-state index in [0.29, 0.717) is 0 Å². The molecule has 28 heavy (non-hydrogen) atoms. The van der Waals surface area contributed by atoms with Gasteiger partial charge in [0.15, 0.2) is 0 Å². The first-order valence-electron chi connectivity index (χ1n) is 9.43. The lowest BCUT2D eigenvalue weighted by atomic mass is 9.97. The summed E-state index contributed by atoms with van der Waals surface area (Å²) in [4.78, 5) is 13.3. The Labute approximate surface area is 170 Å². The van der Waals surface area contributed by atoms with E-state index in [1.165, 1.54) is 12.1 Å². The molecular weight excluding hydrogens is 373 g/mol. The molecule has 0 aliphatic carbocycles. The van der Waals surface area contributed by atoms with Crippen LogP contribution in [0.15, 0.2) is 51.4 Å². The number of halogens is 1. The number of rotatable bonds is 7. The van der Waals surface area contributed by atoms with Crippen LogP contribution in [0, 0.1) is 19.7 Å². The molecule has 1 atom stereocenters. The fourth-order valence-electron chi connectivity index (χ4n) is 2.89. The van der Waals surface area contributed by atoms with Gasteiger partial charge in [0, 0.05) is 36.2 Å². The van der Waals surface area contributed by atoms with Crippen molar-refractivity contribution in [2.45, 2.75) is 38.2 Å². The zero-order valence-corrected chi connectivity index (χ0v) is 17.6. The van der Waals surface area contributed by atoms with Gasteiger partial charge in [-0.3, -0.25) is 0 Å². The Morgan fingerprint density at radius 3 is 2.71 bits per heavy atom. The maximum atomic E-state index is 13.0. The molecule has 148 valence electrons. The maximum Gasteiger partial charge on any atom is 0.142 e. The molecule has 1 unspecified atom stereocenters. The van der Waals surface area contributed by atoms with Crippen molar-refractivity contribution in [1.82, 2.24) is 4.90 Å². The highest BCUT2D eigenvalue weighted by atomic mass is 32.2. The lowest BCUT2D eigenvalue weighted by Crippen LogP contribution is -2.14. The SMILES string of the molecule is CCN(C)C=Nc1cc(C)c(C2=NOC(CSc3ccc(F)cc3)C2)cc1C. The third-order valence-corrected chi connectivity index (χ3v) is 5.87. The highest BCUT2D eigenvalue weighted by Gasteiger charge is 2.24. The number of oxime groups is 1. The van der Waals surface area contributed by atoms with Crippen molar-refractivity contribution in [2.75, 3.05) is 19.3 Å². The summed E-state index contributed by atoms with van der Waals surface area (Å²) in [6, 6.07) is 10.8. The lowest BCUT2D eigenvalue weighted by Gasteiger charge is -2.12. The van der Waals surface area contributed by atoms with Gasteiger partial charge in [0.2, 0.25) is 0 Å².